The molecule has 0 atom stereocenters. The molecule has 0 aliphatic heterocycles. The van der Waals surface area contributed by atoms with Gasteiger partial charge in [-0.15, -0.1) is 0 Å². The van der Waals surface area contributed by atoms with Crippen molar-refractivity contribution < 1.29 is 4.42 Å². The molecule has 0 unspecified atom stereocenters. The molecular weight excluding hydrogens is 260 g/mol. The molecule has 0 spiro atoms. The fourth-order valence-electron chi connectivity index (χ4n) is 2.47. The van der Waals surface area contributed by atoms with E-state index in [-0.39, 0.29) is 0 Å². The van der Waals surface area contributed by atoms with Crippen LogP contribution in [0.3, 0.4) is 0 Å². The minimum atomic E-state index is 0.475. The van der Waals surface area contributed by atoms with Gasteiger partial charge in [0.15, 0.2) is 0 Å². The van der Waals surface area contributed by atoms with Crippen molar-refractivity contribution >= 4 is 0 Å². The number of rotatable bonds is 7. The van der Waals surface area contributed by atoms with Crippen molar-refractivity contribution in [1.29, 1.82) is 0 Å². The van der Waals surface area contributed by atoms with Crippen LogP contribution < -0.4 is 5.32 Å². The molecule has 0 fully saturated rings. The van der Waals surface area contributed by atoms with E-state index in [1.807, 2.05) is 14.0 Å². The second kappa shape index (κ2) is 7.43. The molecular formula is C18H26N2O. The molecule has 0 radical (unpaired) electrons. The normalized spacial score (nSPS) is 11.5. The Morgan fingerprint density at radius 1 is 1.14 bits per heavy atom. The summed E-state index contributed by atoms with van der Waals surface area (Å²) in [6, 6.07) is 13.2. The van der Waals surface area contributed by atoms with Crippen LogP contribution >= 0.6 is 0 Å². The van der Waals surface area contributed by atoms with Crippen LogP contribution in [0.4, 0.5) is 0 Å². The fraction of sp³-hybridized carbons (Fsp3) is 0.444. The second-order valence-electron chi connectivity index (χ2n) is 5.81. The van der Waals surface area contributed by atoms with E-state index < -0.39 is 0 Å². The summed E-state index contributed by atoms with van der Waals surface area (Å²) < 4.78 is 5.90. The van der Waals surface area contributed by atoms with Crippen molar-refractivity contribution in [2.45, 2.75) is 46.4 Å². The summed E-state index contributed by atoms with van der Waals surface area (Å²) in [6.45, 7) is 9.14. The maximum absolute atomic E-state index is 5.90. The molecule has 0 saturated carbocycles. The highest BCUT2D eigenvalue weighted by atomic mass is 16.3. The maximum Gasteiger partial charge on any atom is 0.118 e. The summed E-state index contributed by atoms with van der Waals surface area (Å²) in [5.74, 6) is 2.06. The third kappa shape index (κ3) is 4.45. The first-order chi connectivity index (χ1) is 10.1. The molecule has 0 aliphatic rings. The fourth-order valence-corrected chi connectivity index (χ4v) is 2.47. The highest BCUT2D eigenvalue weighted by molar-refractivity contribution is 5.21. The van der Waals surface area contributed by atoms with Gasteiger partial charge in [-0.25, -0.2) is 0 Å². The van der Waals surface area contributed by atoms with E-state index >= 15 is 0 Å². The number of nitrogens with one attached hydrogen (secondary N) is 1. The van der Waals surface area contributed by atoms with Gasteiger partial charge in [0, 0.05) is 24.7 Å². The number of hydrogen-bond donors (Lipinski definition) is 1. The van der Waals surface area contributed by atoms with Crippen molar-refractivity contribution in [1.82, 2.24) is 10.2 Å². The predicted octanol–water partition coefficient (Wildman–Crippen LogP) is 3.72. The van der Waals surface area contributed by atoms with Gasteiger partial charge in [-0.2, -0.15) is 0 Å². The summed E-state index contributed by atoms with van der Waals surface area (Å²) in [4.78, 5) is 2.43. The molecule has 2 aromatic rings. The van der Waals surface area contributed by atoms with E-state index in [0.29, 0.717) is 6.04 Å². The SMILES string of the molecule is CNCc1cc(CN(Cc2ccccc2)C(C)C)oc1C. The molecule has 2 rings (SSSR count). The molecule has 0 aliphatic carbocycles. The van der Waals surface area contributed by atoms with E-state index in [1.165, 1.54) is 11.1 Å². The molecule has 0 saturated heterocycles. The monoisotopic (exact) mass is 286 g/mol. The lowest BCUT2D eigenvalue weighted by Crippen LogP contribution is -2.29. The van der Waals surface area contributed by atoms with Gasteiger partial charge in [0.2, 0.25) is 0 Å². The number of aryl methyl sites for hydroxylation is 1. The van der Waals surface area contributed by atoms with E-state index in [1.54, 1.807) is 0 Å². The highest BCUT2D eigenvalue weighted by Gasteiger charge is 2.14. The first kappa shape index (κ1) is 15.8. The molecule has 0 amide bonds. The zero-order chi connectivity index (χ0) is 15.2. The Hall–Kier alpha value is -1.58. The van der Waals surface area contributed by atoms with Crippen LogP contribution in [0, 0.1) is 6.92 Å². The van der Waals surface area contributed by atoms with Crippen LogP contribution in [0.15, 0.2) is 40.8 Å². The van der Waals surface area contributed by atoms with Crippen molar-refractivity contribution in [3.63, 3.8) is 0 Å². The van der Waals surface area contributed by atoms with Crippen LogP contribution in [0.5, 0.6) is 0 Å². The highest BCUT2D eigenvalue weighted by Crippen LogP contribution is 2.19. The number of furan rings is 1. The standard InChI is InChI=1S/C18H26N2O/c1-14(2)20(12-16-8-6-5-7-9-16)13-18-10-17(11-19-4)15(3)21-18/h5-10,14,19H,11-13H2,1-4H3. The average Bonchev–Trinajstić information content (AvgIpc) is 2.80. The molecule has 21 heavy (non-hydrogen) atoms. The van der Waals surface area contributed by atoms with Crippen molar-refractivity contribution in [3.8, 4) is 0 Å². The van der Waals surface area contributed by atoms with Gasteiger partial charge in [0.25, 0.3) is 0 Å². The minimum absolute atomic E-state index is 0.475. The Labute approximate surface area is 128 Å². The third-order valence-electron chi connectivity index (χ3n) is 3.76. The Morgan fingerprint density at radius 2 is 1.86 bits per heavy atom. The summed E-state index contributed by atoms with van der Waals surface area (Å²) in [5.41, 5.74) is 2.58. The van der Waals surface area contributed by atoms with Gasteiger partial charge < -0.3 is 9.73 Å². The zero-order valence-electron chi connectivity index (χ0n) is 13.5. The zero-order valence-corrected chi connectivity index (χ0v) is 13.5. The number of hydrogen-bond acceptors (Lipinski definition) is 3. The summed E-state index contributed by atoms with van der Waals surface area (Å²) >= 11 is 0. The maximum atomic E-state index is 5.90. The van der Waals surface area contributed by atoms with E-state index in [9.17, 15) is 0 Å². The van der Waals surface area contributed by atoms with Crippen molar-refractivity contribution in [2.75, 3.05) is 7.05 Å². The quantitative estimate of drug-likeness (QED) is 0.841. The molecule has 1 aromatic heterocycles. The Kier molecular flexibility index (Phi) is 5.59. The lowest BCUT2D eigenvalue weighted by molar-refractivity contribution is 0.187. The van der Waals surface area contributed by atoms with Gasteiger partial charge in [-0.1, -0.05) is 30.3 Å². The van der Waals surface area contributed by atoms with Crippen LogP contribution in [0.25, 0.3) is 0 Å². The van der Waals surface area contributed by atoms with Gasteiger partial charge in [-0.3, -0.25) is 4.90 Å². The average molecular weight is 286 g/mol. The molecule has 1 N–H and O–H groups in total. The second-order valence-corrected chi connectivity index (χ2v) is 5.81. The number of benzene rings is 1. The van der Waals surface area contributed by atoms with Gasteiger partial charge in [-0.05, 0) is 39.4 Å². The first-order valence-electron chi connectivity index (χ1n) is 7.61. The van der Waals surface area contributed by atoms with E-state index in [4.69, 9.17) is 4.42 Å². The Morgan fingerprint density at radius 3 is 2.48 bits per heavy atom. The summed E-state index contributed by atoms with van der Waals surface area (Å²) in [6.07, 6.45) is 0. The third-order valence-corrected chi connectivity index (χ3v) is 3.76. The molecule has 1 heterocycles. The Bertz CT molecular complexity index is 546. The van der Waals surface area contributed by atoms with Gasteiger partial charge in [0.05, 0.1) is 6.54 Å². The van der Waals surface area contributed by atoms with Gasteiger partial charge >= 0.3 is 0 Å². The van der Waals surface area contributed by atoms with Crippen LogP contribution in [-0.4, -0.2) is 18.0 Å². The summed E-state index contributed by atoms with van der Waals surface area (Å²) in [7, 11) is 1.96. The van der Waals surface area contributed by atoms with Crippen LogP contribution in [-0.2, 0) is 19.6 Å². The van der Waals surface area contributed by atoms with E-state index in [2.05, 4.69) is 60.5 Å². The lowest BCUT2D eigenvalue weighted by Gasteiger charge is -2.25. The molecule has 3 nitrogen and oxygen atoms in total. The molecule has 3 heteroatoms. The van der Waals surface area contributed by atoms with E-state index in [0.717, 1.165) is 31.2 Å². The minimum Gasteiger partial charge on any atom is -0.465 e. The Balaban J connectivity index is 2.07. The largest absolute Gasteiger partial charge is 0.465 e. The lowest BCUT2D eigenvalue weighted by atomic mass is 10.2. The van der Waals surface area contributed by atoms with Crippen molar-refractivity contribution in [3.05, 3.63) is 59.0 Å². The van der Waals surface area contributed by atoms with Crippen LogP contribution in [0.1, 0.15) is 36.5 Å². The van der Waals surface area contributed by atoms with Crippen LogP contribution in [0.2, 0.25) is 0 Å². The molecule has 0 bridgehead atoms. The van der Waals surface area contributed by atoms with Crippen molar-refractivity contribution in [2.24, 2.45) is 0 Å². The molecule has 114 valence electrons. The first-order valence-corrected chi connectivity index (χ1v) is 7.61. The van der Waals surface area contributed by atoms with Gasteiger partial charge in [0.1, 0.15) is 11.5 Å². The topological polar surface area (TPSA) is 28.4 Å². The smallest absolute Gasteiger partial charge is 0.118 e. The molecule has 1 aromatic carbocycles. The summed E-state index contributed by atoms with van der Waals surface area (Å²) in [5, 5.41) is 3.18. The predicted molar refractivity (Wildman–Crippen MR) is 87.0 cm³/mol. The number of nitrogens with zero attached hydrogens (tertiary/aromatic N) is 1.